The van der Waals surface area contributed by atoms with Crippen molar-refractivity contribution in [3.8, 4) is 0 Å². The van der Waals surface area contributed by atoms with Gasteiger partial charge in [0.05, 0.1) is 0 Å². The Bertz CT molecular complexity index is 625. The van der Waals surface area contributed by atoms with Crippen molar-refractivity contribution in [2.75, 3.05) is 20.3 Å². The predicted molar refractivity (Wildman–Crippen MR) is 110 cm³/mol. The van der Waals surface area contributed by atoms with E-state index in [1.165, 1.54) is 31.2 Å². The summed E-state index contributed by atoms with van der Waals surface area (Å²) in [5, 5.41) is 20.0. The second kappa shape index (κ2) is 12.5. The molecule has 156 valence electrons. The molecule has 1 aromatic carbocycles. The highest BCUT2D eigenvalue weighted by Crippen LogP contribution is 2.47. The van der Waals surface area contributed by atoms with E-state index in [1.54, 1.807) is 0 Å². The van der Waals surface area contributed by atoms with Gasteiger partial charge in [-0.15, -0.1) is 0 Å². The maximum atomic E-state index is 9.55. The number of carboxylic acid groups (broad SMARTS) is 2. The zero-order valence-electron chi connectivity index (χ0n) is 16.5. The number of ether oxygens (including phenoxy) is 1. The molecule has 1 unspecified atom stereocenters. The number of rotatable bonds is 10. The number of likely N-dealkylation sites (N-methyl/N-ethyl adjacent to an activating group) is 1. The van der Waals surface area contributed by atoms with Crippen molar-refractivity contribution in [3.05, 3.63) is 47.0 Å². The fourth-order valence-electron chi connectivity index (χ4n) is 3.55. The summed E-state index contributed by atoms with van der Waals surface area (Å²) in [6, 6.07) is 8.97. The van der Waals surface area contributed by atoms with Gasteiger partial charge in [-0.1, -0.05) is 30.2 Å². The Kier molecular flexibility index (Phi) is 10.8. The number of hydrogen-bond acceptors (Lipinski definition) is 4. The summed E-state index contributed by atoms with van der Waals surface area (Å²) in [4.78, 5) is 19.1. The largest absolute Gasteiger partial charge is 0.478 e. The Morgan fingerprint density at radius 2 is 1.79 bits per heavy atom. The molecule has 2 rings (SSSR count). The summed E-state index contributed by atoms with van der Waals surface area (Å²) < 4.78 is 5.47. The first-order chi connectivity index (χ1) is 13.4. The molecule has 7 heteroatoms. The molecule has 0 saturated heterocycles. The smallest absolute Gasteiger partial charge is 0.328 e. The first kappa shape index (κ1) is 24.1. The molecule has 1 aromatic rings. The van der Waals surface area contributed by atoms with Crippen LogP contribution < -0.4 is 5.32 Å². The Labute approximate surface area is 171 Å². The number of benzene rings is 1. The second-order valence-electron chi connectivity index (χ2n) is 6.71. The Hall–Kier alpha value is -1.89. The van der Waals surface area contributed by atoms with Gasteiger partial charge in [0.1, 0.15) is 0 Å². The number of carboxylic acids is 2. The standard InChI is InChI=1S/C17H26ClNO.C4H4O4/c1-3-20-13-4-6-16(19-2)17(11-5-12-17)14-7-9-15(18)10-8-14;5-3(6)1-2-4(7)8/h7-10,16,19H,3-6,11-13H2,1-2H3;1-2H,(H,5,6)(H,7,8). The molecular formula is C21H30ClNO5. The highest BCUT2D eigenvalue weighted by molar-refractivity contribution is 6.30. The predicted octanol–water partition coefficient (Wildman–Crippen LogP) is 3.88. The van der Waals surface area contributed by atoms with E-state index in [-0.39, 0.29) is 0 Å². The minimum absolute atomic E-state index is 0.297. The molecule has 1 aliphatic carbocycles. The topological polar surface area (TPSA) is 95.9 Å². The summed E-state index contributed by atoms with van der Waals surface area (Å²) in [5.41, 5.74) is 1.73. The number of hydrogen-bond donors (Lipinski definition) is 3. The highest BCUT2D eigenvalue weighted by atomic mass is 35.5. The van der Waals surface area contributed by atoms with E-state index < -0.39 is 11.9 Å². The van der Waals surface area contributed by atoms with Crippen LogP contribution in [0.2, 0.25) is 5.02 Å². The summed E-state index contributed by atoms with van der Waals surface area (Å²) in [5.74, 6) is -2.51. The van der Waals surface area contributed by atoms with Gasteiger partial charge in [-0.3, -0.25) is 0 Å². The van der Waals surface area contributed by atoms with Crippen LogP contribution in [0.4, 0.5) is 0 Å². The highest BCUT2D eigenvalue weighted by Gasteiger charge is 2.44. The number of halogens is 1. The van der Waals surface area contributed by atoms with E-state index in [2.05, 4.69) is 31.4 Å². The van der Waals surface area contributed by atoms with Gasteiger partial charge in [0.2, 0.25) is 0 Å². The van der Waals surface area contributed by atoms with Crippen molar-refractivity contribution < 1.29 is 24.5 Å². The maximum absolute atomic E-state index is 9.55. The van der Waals surface area contributed by atoms with Crippen molar-refractivity contribution in [1.82, 2.24) is 5.32 Å². The van der Waals surface area contributed by atoms with Crippen LogP contribution in [0.15, 0.2) is 36.4 Å². The normalized spacial score (nSPS) is 16.0. The zero-order chi connectivity index (χ0) is 21.0. The first-order valence-corrected chi connectivity index (χ1v) is 9.88. The first-order valence-electron chi connectivity index (χ1n) is 9.50. The van der Waals surface area contributed by atoms with Crippen molar-refractivity contribution in [2.45, 2.75) is 50.5 Å². The SMILES string of the molecule is CCOCCCC(NC)C1(c2ccc(Cl)cc2)CCC1.O=C(O)C=CC(=O)O. The monoisotopic (exact) mass is 411 g/mol. The minimum atomic E-state index is -1.26. The van der Waals surface area contributed by atoms with E-state index in [9.17, 15) is 9.59 Å². The summed E-state index contributed by atoms with van der Waals surface area (Å²) in [6.45, 7) is 3.73. The van der Waals surface area contributed by atoms with Crippen molar-refractivity contribution in [1.29, 1.82) is 0 Å². The Balaban J connectivity index is 0.000000416. The molecule has 0 spiro atoms. The molecule has 28 heavy (non-hydrogen) atoms. The van der Waals surface area contributed by atoms with Gasteiger partial charge in [-0.05, 0) is 57.4 Å². The third-order valence-corrected chi connectivity index (χ3v) is 5.29. The van der Waals surface area contributed by atoms with E-state index in [0.29, 0.717) is 23.6 Å². The molecule has 0 bridgehead atoms. The molecule has 0 heterocycles. The van der Waals surface area contributed by atoms with Crippen molar-refractivity contribution in [2.24, 2.45) is 0 Å². The van der Waals surface area contributed by atoms with Crippen LogP contribution in [0.25, 0.3) is 0 Å². The minimum Gasteiger partial charge on any atom is -0.478 e. The molecular weight excluding hydrogens is 382 g/mol. The van der Waals surface area contributed by atoms with Gasteiger partial charge in [0.25, 0.3) is 0 Å². The molecule has 1 saturated carbocycles. The second-order valence-corrected chi connectivity index (χ2v) is 7.14. The molecule has 0 amide bonds. The fourth-order valence-corrected chi connectivity index (χ4v) is 3.68. The fraction of sp³-hybridized carbons (Fsp3) is 0.524. The molecule has 0 aliphatic heterocycles. The summed E-state index contributed by atoms with van der Waals surface area (Å²) in [7, 11) is 2.08. The zero-order valence-corrected chi connectivity index (χ0v) is 17.2. The van der Waals surface area contributed by atoms with E-state index in [4.69, 9.17) is 26.6 Å². The average Bonchev–Trinajstić information content (AvgIpc) is 2.63. The molecule has 6 nitrogen and oxygen atoms in total. The van der Waals surface area contributed by atoms with Gasteiger partial charge in [0.15, 0.2) is 0 Å². The van der Waals surface area contributed by atoms with Crippen LogP contribution in [0.3, 0.4) is 0 Å². The van der Waals surface area contributed by atoms with E-state index in [1.807, 2.05) is 12.1 Å². The number of aliphatic carboxylic acids is 2. The molecule has 3 N–H and O–H groups in total. The number of carbonyl (C=O) groups is 2. The van der Waals surface area contributed by atoms with Crippen LogP contribution in [-0.2, 0) is 19.7 Å². The summed E-state index contributed by atoms with van der Waals surface area (Å²) in [6.07, 6.45) is 7.27. The lowest BCUT2D eigenvalue weighted by atomic mass is 9.59. The van der Waals surface area contributed by atoms with Crippen molar-refractivity contribution in [3.63, 3.8) is 0 Å². The van der Waals surface area contributed by atoms with Gasteiger partial charge in [0, 0.05) is 41.8 Å². The molecule has 1 fully saturated rings. The van der Waals surface area contributed by atoms with Crippen LogP contribution in [0, 0.1) is 0 Å². The van der Waals surface area contributed by atoms with Gasteiger partial charge in [-0.25, -0.2) is 9.59 Å². The van der Waals surface area contributed by atoms with Gasteiger partial charge in [-0.2, -0.15) is 0 Å². The van der Waals surface area contributed by atoms with E-state index >= 15 is 0 Å². The van der Waals surface area contributed by atoms with Crippen LogP contribution in [0.1, 0.15) is 44.6 Å². The maximum Gasteiger partial charge on any atom is 0.328 e. The molecule has 1 aliphatic rings. The lowest BCUT2D eigenvalue weighted by molar-refractivity contribution is -0.134. The summed E-state index contributed by atoms with van der Waals surface area (Å²) >= 11 is 6.02. The molecule has 0 radical (unpaired) electrons. The van der Waals surface area contributed by atoms with Crippen molar-refractivity contribution >= 4 is 23.5 Å². The number of nitrogens with one attached hydrogen (secondary N) is 1. The van der Waals surface area contributed by atoms with E-state index in [0.717, 1.165) is 24.7 Å². The lowest BCUT2D eigenvalue weighted by Gasteiger charge is -2.48. The molecule has 0 aromatic heterocycles. The van der Waals surface area contributed by atoms with Gasteiger partial charge >= 0.3 is 11.9 Å². The molecule has 1 atom stereocenters. The Morgan fingerprint density at radius 1 is 1.21 bits per heavy atom. The van der Waals surface area contributed by atoms with Gasteiger partial charge < -0.3 is 20.3 Å². The third kappa shape index (κ3) is 7.62. The third-order valence-electron chi connectivity index (χ3n) is 5.03. The quantitative estimate of drug-likeness (QED) is 0.399. The van der Waals surface area contributed by atoms with Crippen LogP contribution in [0.5, 0.6) is 0 Å². The van der Waals surface area contributed by atoms with Crippen LogP contribution >= 0.6 is 11.6 Å². The lowest BCUT2D eigenvalue weighted by Crippen LogP contribution is -2.51. The Morgan fingerprint density at radius 3 is 2.18 bits per heavy atom. The average molecular weight is 412 g/mol. The van der Waals surface area contributed by atoms with Crippen LogP contribution in [-0.4, -0.2) is 48.5 Å².